The van der Waals surface area contributed by atoms with E-state index in [0.29, 0.717) is 0 Å². The smallest absolute Gasteiger partial charge is 0.00188 e. The highest BCUT2D eigenvalue weighted by atomic mass is 15.2. The summed E-state index contributed by atoms with van der Waals surface area (Å²) < 4.78 is 0. The third kappa shape index (κ3) is 3.30. The van der Waals surface area contributed by atoms with Gasteiger partial charge in [0.25, 0.3) is 0 Å². The van der Waals surface area contributed by atoms with Gasteiger partial charge in [0.1, 0.15) is 0 Å². The third-order valence-corrected chi connectivity index (χ3v) is 6.07. The SMILES string of the molecule is CCCCCCCCCCN1CC2C3C=CC(C3)C2C1. The predicted octanol–water partition coefficient (Wildman–Crippen LogP) is 4.88. The van der Waals surface area contributed by atoms with Crippen LogP contribution in [-0.2, 0) is 0 Å². The summed E-state index contributed by atoms with van der Waals surface area (Å²) in [6.07, 6.45) is 18.1. The summed E-state index contributed by atoms with van der Waals surface area (Å²) in [4.78, 5) is 2.78. The summed E-state index contributed by atoms with van der Waals surface area (Å²) in [5.74, 6) is 3.96. The van der Waals surface area contributed by atoms with Gasteiger partial charge in [0.05, 0.1) is 0 Å². The molecule has 114 valence electrons. The molecule has 0 N–H and O–H groups in total. The fourth-order valence-electron chi connectivity index (χ4n) is 4.89. The number of allylic oxidation sites excluding steroid dienone is 2. The van der Waals surface area contributed by atoms with Gasteiger partial charge in [-0.2, -0.15) is 0 Å². The quantitative estimate of drug-likeness (QED) is 0.428. The fraction of sp³-hybridized carbons (Fsp3) is 0.895. The lowest BCUT2D eigenvalue weighted by atomic mass is 9.86. The Morgan fingerprint density at radius 2 is 1.35 bits per heavy atom. The first-order valence-electron chi connectivity index (χ1n) is 9.29. The Labute approximate surface area is 125 Å². The van der Waals surface area contributed by atoms with Crippen molar-refractivity contribution in [3.63, 3.8) is 0 Å². The van der Waals surface area contributed by atoms with Crippen LogP contribution in [0, 0.1) is 23.7 Å². The Balaban J connectivity index is 1.23. The standard InChI is InChI=1S/C19H33N/c1-2-3-4-5-6-7-8-9-12-20-14-18-16-10-11-17(13-16)19(18)15-20/h10-11,16-19H,2-9,12-15H2,1H3. The van der Waals surface area contributed by atoms with Crippen LogP contribution >= 0.6 is 0 Å². The third-order valence-electron chi connectivity index (χ3n) is 6.07. The minimum absolute atomic E-state index is 0.952. The Bertz CT molecular complexity index is 302. The van der Waals surface area contributed by atoms with Crippen LogP contribution in [0.25, 0.3) is 0 Å². The average molecular weight is 275 g/mol. The Kier molecular flexibility index (Phi) is 5.20. The highest BCUT2D eigenvalue weighted by molar-refractivity contribution is 5.16. The minimum atomic E-state index is 0.952. The minimum Gasteiger partial charge on any atom is -0.303 e. The number of fused-ring (bicyclic) bond motifs is 5. The Morgan fingerprint density at radius 3 is 1.95 bits per heavy atom. The molecule has 2 aliphatic carbocycles. The molecule has 20 heavy (non-hydrogen) atoms. The molecule has 1 saturated carbocycles. The number of rotatable bonds is 9. The largest absolute Gasteiger partial charge is 0.303 e. The van der Waals surface area contributed by atoms with E-state index < -0.39 is 0 Å². The van der Waals surface area contributed by atoms with Crippen LogP contribution in [0.3, 0.4) is 0 Å². The molecule has 0 spiro atoms. The lowest BCUT2D eigenvalue weighted by Crippen LogP contribution is -2.24. The van der Waals surface area contributed by atoms with E-state index in [2.05, 4.69) is 24.0 Å². The van der Waals surface area contributed by atoms with Crippen molar-refractivity contribution < 1.29 is 0 Å². The van der Waals surface area contributed by atoms with E-state index in [0.717, 1.165) is 23.7 Å². The summed E-state index contributed by atoms with van der Waals surface area (Å²) in [5.41, 5.74) is 0. The molecular formula is C19H33N. The second-order valence-corrected chi connectivity index (χ2v) is 7.51. The number of unbranched alkanes of at least 4 members (excludes halogenated alkanes) is 7. The highest BCUT2D eigenvalue weighted by Gasteiger charge is 2.48. The molecule has 0 aromatic carbocycles. The Hall–Kier alpha value is -0.300. The van der Waals surface area contributed by atoms with Crippen molar-refractivity contribution in [2.75, 3.05) is 19.6 Å². The summed E-state index contributed by atoms with van der Waals surface area (Å²) in [5, 5.41) is 0. The van der Waals surface area contributed by atoms with Crippen molar-refractivity contribution in [3.8, 4) is 0 Å². The molecule has 1 nitrogen and oxygen atoms in total. The van der Waals surface area contributed by atoms with Crippen LogP contribution < -0.4 is 0 Å². The van der Waals surface area contributed by atoms with Gasteiger partial charge in [-0.3, -0.25) is 0 Å². The molecule has 0 aromatic rings. The maximum atomic E-state index is 2.78. The first kappa shape index (κ1) is 14.6. The topological polar surface area (TPSA) is 3.24 Å². The molecule has 3 rings (SSSR count). The van der Waals surface area contributed by atoms with Gasteiger partial charge in [0, 0.05) is 13.1 Å². The van der Waals surface area contributed by atoms with E-state index in [-0.39, 0.29) is 0 Å². The molecule has 1 heterocycles. The van der Waals surface area contributed by atoms with Crippen molar-refractivity contribution in [1.82, 2.24) is 4.90 Å². The molecule has 1 heteroatoms. The second kappa shape index (κ2) is 7.11. The van der Waals surface area contributed by atoms with Crippen LogP contribution in [0.5, 0.6) is 0 Å². The molecule has 0 radical (unpaired) electrons. The van der Waals surface area contributed by atoms with E-state index in [4.69, 9.17) is 0 Å². The normalized spacial score (nSPS) is 35.0. The van der Waals surface area contributed by atoms with Gasteiger partial charge in [-0.25, -0.2) is 0 Å². The van der Waals surface area contributed by atoms with E-state index in [1.54, 1.807) is 0 Å². The first-order valence-corrected chi connectivity index (χ1v) is 9.29. The molecule has 2 fully saturated rings. The van der Waals surface area contributed by atoms with E-state index in [9.17, 15) is 0 Å². The molecule has 4 atom stereocenters. The van der Waals surface area contributed by atoms with Gasteiger partial charge < -0.3 is 4.90 Å². The maximum Gasteiger partial charge on any atom is 0.00188 e. The zero-order chi connectivity index (χ0) is 13.8. The zero-order valence-electron chi connectivity index (χ0n) is 13.4. The lowest BCUT2D eigenvalue weighted by Gasteiger charge is -2.17. The highest BCUT2D eigenvalue weighted by Crippen LogP contribution is 2.51. The summed E-state index contributed by atoms with van der Waals surface area (Å²) in [7, 11) is 0. The van der Waals surface area contributed by atoms with Gasteiger partial charge in [-0.15, -0.1) is 0 Å². The van der Waals surface area contributed by atoms with Crippen LogP contribution in [-0.4, -0.2) is 24.5 Å². The van der Waals surface area contributed by atoms with Crippen molar-refractivity contribution in [1.29, 1.82) is 0 Å². The van der Waals surface area contributed by atoms with Crippen LogP contribution in [0.1, 0.15) is 64.7 Å². The van der Waals surface area contributed by atoms with Crippen molar-refractivity contribution in [2.45, 2.75) is 64.7 Å². The fourth-order valence-corrected chi connectivity index (χ4v) is 4.89. The molecule has 1 saturated heterocycles. The molecule has 4 unspecified atom stereocenters. The molecule has 3 aliphatic rings. The van der Waals surface area contributed by atoms with Crippen molar-refractivity contribution >= 4 is 0 Å². The Morgan fingerprint density at radius 1 is 0.800 bits per heavy atom. The number of hydrogen-bond donors (Lipinski definition) is 0. The number of hydrogen-bond acceptors (Lipinski definition) is 1. The van der Waals surface area contributed by atoms with Gasteiger partial charge >= 0.3 is 0 Å². The van der Waals surface area contributed by atoms with Crippen LogP contribution in [0.15, 0.2) is 12.2 Å². The predicted molar refractivity (Wildman–Crippen MR) is 86.8 cm³/mol. The van der Waals surface area contributed by atoms with Crippen molar-refractivity contribution in [3.05, 3.63) is 12.2 Å². The lowest BCUT2D eigenvalue weighted by molar-refractivity contribution is 0.291. The number of likely N-dealkylation sites (tertiary alicyclic amines) is 1. The summed E-state index contributed by atoms with van der Waals surface area (Å²) in [6, 6.07) is 0. The molecule has 2 bridgehead atoms. The van der Waals surface area contributed by atoms with Gasteiger partial charge in [0.2, 0.25) is 0 Å². The van der Waals surface area contributed by atoms with Gasteiger partial charge in [-0.1, -0.05) is 64.0 Å². The van der Waals surface area contributed by atoms with E-state index in [1.807, 2.05) is 0 Å². The molecular weight excluding hydrogens is 242 g/mol. The summed E-state index contributed by atoms with van der Waals surface area (Å²) in [6.45, 7) is 6.49. The van der Waals surface area contributed by atoms with Crippen molar-refractivity contribution in [2.24, 2.45) is 23.7 Å². The monoisotopic (exact) mass is 275 g/mol. The molecule has 0 aromatic heterocycles. The van der Waals surface area contributed by atoms with Gasteiger partial charge in [-0.05, 0) is 43.1 Å². The first-order chi connectivity index (χ1) is 9.88. The van der Waals surface area contributed by atoms with Crippen LogP contribution in [0.4, 0.5) is 0 Å². The van der Waals surface area contributed by atoms with E-state index in [1.165, 1.54) is 77.4 Å². The second-order valence-electron chi connectivity index (χ2n) is 7.51. The summed E-state index contributed by atoms with van der Waals surface area (Å²) >= 11 is 0. The van der Waals surface area contributed by atoms with E-state index >= 15 is 0 Å². The molecule has 0 amide bonds. The average Bonchev–Trinajstić information content (AvgIpc) is 3.13. The molecule has 1 aliphatic heterocycles. The number of nitrogens with zero attached hydrogens (tertiary/aromatic N) is 1. The zero-order valence-corrected chi connectivity index (χ0v) is 13.4. The maximum absolute atomic E-state index is 2.78. The van der Waals surface area contributed by atoms with Gasteiger partial charge in [0.15, 0.2) is 0 Å². The van der Waals surface area contributed by atoms with Crippen LogP contribution in [0.2, 0.25) is 0 Å².